The molecule has 0 bridgehead atoms. The summed E-state index contributed by atoms with van der Waals surface area (Å²) in [4.78, 5) is 6.45. The molecule has 0 amide bonds. The van der Waals surface area contributed by atoms with Crippen LogP contribution in [-0.2, 0) is 0 Å². The fourth-order valence-corrected chi connectivity index (χ4v) is 1.09. The molecule has 0 unspecified atom stereocenters. The lowest BCUT2D eigenvalue weighted by molar-refractivity contribution is 0.457. The van der Waals surface area contributed by atoms with E-state index in [1.54, 1.807) is 12.1 Å². The number of benzene rings is 1. The fourth-order valence-electron chi connectivity index (χ4n) is 1.09. The molecular weight excluding hydrogens is 171 g/mol. The molecule has 1 heterocycles. The normalized spacial score (nSPS) is 10.2. The molecule has 2 aromatic rings. The van der Waals surface area contributed by atoms with E-state index in [1.807, 2.05) is 0 Å². The molecule has 2 rings (SSSR count). The standard InChI is InChI=1S/C9H7FN2O/c10-7-3-1-2-6(4-7)9-11-5-8(13)12-9/h1-5,13H,(H,11,12). The number of rotatable bonds is 1. The molecule has 0 aliphatic rings. The smallest absolute Gasteiger partial charge is 0.208 e. The summed E-state index contributed by atoms with van der Waals surface area (Å²) in [5, 5.41) is 8.97. The van der Waals surface area contributed by atoms with Crippen molar-refractivity contribution in [2.75, 3.05) is 0 Å². The second-order valence-electron chi connectivity index (χ2n) is 2.63. The van der Waals surface area contributed by atoms with Gasteiger partial charge in [-0.05, 0) is 12.1 Å². The number of H-pyrrole nitrogens is 1. The molecular formula is C9H7FN2O. The van der Waals surface area contributed by atoms with E-state index in [0.717, 1.165) is 0 Å². The fraction of sp³-hybridized carbons (Fsp3) is 0. The van der Waals surface area contributed by atoms with Gasteiger partial charge < -0.3 is 10.1 Å². The van der Waals surface area contributed by atoms with Crippen LogP contribution in [0, 0.1) is 5.82 Å². The number of halogens is 1. The van der Waals surface area contributed by atoms with Crippen LogP contribution in [-0.4, -0.2) is 15.1 Å². The van der Waals surface area contributed by atoms with Crippen molar-refractivity contribution in [3.8, 4) is 17.3 Å². The molecule has 0 spiro atoms. The number of imidazole rings is 1. The number of aromatic hydroxyl groups is 1. The Kier molecular flexibility index (Phi) is 1.73. The van der Waals surface area contributed by atoms with Crippen molar-refractivity contribution in [2.24, 2.45) is 0 Å². The zero-order chi connectivity index (χ0) is 9.26. The Morgan fingerprint density at radius 3 is 2.85 bits per heavy atom. The van der Waals surface area contributed by atoms with E-state index >= 15 is 0 Å². The lowest BCUT2D eigenvalue weighted by Crippen LogP contribution is -1.81. The minimum absolute atomic E-state index is 0.0285. The molecule has 0 aliphatic carbocycles. The quantitative estimate of drug-likeness (QED) is 0.700. The van der Waals surface area contributed by atoms with Crippen molar-refractivity contribution >= 4 is 0 Å². The maximum Gasteiger partial charge on any atom is 0.208 e. The van der Waals surface area contributed by atoms with E-state index in [2.05, 4.69) is 9.97 Å². The highest BCUT2D eigenvalue weighted by molar-refractivity contribution is 5.55. The van der Waals surface area contributed by atoms with E-state index in [-0.39, 0.29) is 11.7 Å². The molecule has 0 saturated heterocycles. The summed E-state index contributed by atoms with van der Waals surface area (Å²) in [6.07, 6.45) is 1.28. The number of aromatic nitrogens is 2. The van der Waals surface area contributed by atoms with Crippen LogP contribution in [0.25, 0.3) is 11.4 Å². The Labute approximate surface area is 73.9 Å². The molecule has 0 fully saturated rings. The van der Waals surface area contributed by atoms with E-state index in [9.17, 15) is 4.39 Å². The first-order chi connectivity index (χ1) is 6.25. The van der Waals surface area contributed by atoms with Crippen molar-refractivity contribution in [1.29, 1.82) is 0 Å². The first-order valence-electron chi connectivity index (χ1n) is 3.75. The van der Waals surface area contributed by atoms with Crippen LogP contribution in [0.3, 0.4) is 0 Å². The number of nitrogens with one attached hydrogen (secondary N) is 1. The second-order valence-corrected chi connectivity index (χ2v) is 2.63. The van der Waals surface area contributed by atoms with E-state index in [0.29, 0.717) is 11.4 Å². The topological polar surface area (TPSA) is 48.9 Å². The van der Waals surface area contributed by atoms with Crippen LogP contribution in [0.1, 0.15) is 0 Å². The maximum atomic E-state index is 12.8. The van der Waals surface area contributed by atoms with Gasteiger partial charge in [0.05, 0.1) is 6.20 Å². The largest absolute Gasteiger partial charge is 0.493 e. The van der Waals surface area contributed by atoms with Gasteiger partial charge >= 0.3 is 0 Å². The van der Waals surface area contributed by atoms with Crippen LogP contribution in [0.15, 0.2) is 30.5 Å². The number of hydrogen-bond donors (Lipinski definition) is 2. The molecule has 1 aromatic heterocycles. The highest BCUT2D eigenvalue weighted by Crippen LogP contribution is 2.18. The highest BCUT2D eigenvalue weighted by Gasteiger charge is 2.02. The second kappa shape index (κ2) is 2.90. The average Bonchev–Trinajstić information content (AvgIpc) is 2.52. The monoisotopic (exact) mass is 178 g/mol. The Hall–Kier alpha value is -1.84. The Bertz CT molecular complexity index is 425. The molecule has 0 atom stereocenters. The zero-order valence-corrected chi connectivity index (χ0v) is 6.66. The third-order valence-corrected chi connectivity index (χ3v) is 1.66. The Balaban J connectivity index is 2.46. The predicted octanol–water partition coefficient (Wildman–Crippen LogP) is 1.92. The summed E-state index contributed by atoms with van der Waals surface area (Å²) < 4.78 is 12.8. The van der Waals surface area contributed by atoms with Gasteiger partial charge in [0.2, 0.25) is 5.88 Å². The van der Waals surface area contributed by atoms with Gasteiger partial charge in [-0.3, -0.25) is 0 Å². The van der Waals surface area contributed by atoms with Crippen molar-refractivity contribution in [2.45, 2.75) is 0 Å². The first kappa shape index (κ1) is 7.79. The highest BCUT2D eigenvalue weighted by atomic mass is 19.1. The van der Waals surface area contributed by atoms with Gasteiger partial charge in [0.15, 0.2) is 0 Å². The van der Waals surface area contributed by atoms with Gasteiger partial charge in [-0.2, -0.15) is 0 Å². The summed E-state index contributed by atoms with van der Waals surface area (Å²) in [7, 11) is 0. The summed E-state index contributed by atoms with van der Waals surface area (Å²) in [6, 6.07) is 6.00. The molecule has 0 saturated carbocycles. The van der Waals surface area contributed by atoms with Crippen LogP contribution >= 0.6 is 0 Å². The lowest BCUT2D eigenvalue weighted by Gasteiger charge is -1.95. The first-order valence-corrected chi connectivity index (χ1v) is 3.75. The van der Waals surface area contributed by atoms with Crippen molar-refractivity contribution in [3.63, 3.8) is 0 Å². The molecule has 3 nitrogen and oxygen atoms in total. The third kappa shape index (κ3) is 1.51. The average molecular weight is 178 g/mol. The minimum atomic E-state index is -0.326. The van der Waals surface area contributed by atoms with Crippen LogP contribution in [0.4, 0.5) is 4.39 Å². The molecule has 2 N–H and O–H groups in total. The summed E-state index contributed by atoms with van der Waals surface area (Å²) >= 11 is 0. The summed E-state index contributed by atoms with van der Waals surface area (Å²) in [5.41, 5.74) is 0.611. The minimum Gasteiger partial charge on any atom is -0.493 e. The van der Waals surface area contributed by atoms with Crippen LogP contribution in [0.5, 0.6) is 5.88 Å². The van der Waals surface area contributed by atoms with Crippen molar-refractivity contribution in [3.05, 3.63) is 36.3 Å². The predicted molar refractivity (Wildman–Crippen MR) is 45.6 cm³/mol. The Morgan fingerprint density at radius 1 is 1.38 bits per heavy atom. The molecule has 1 aromatic carbocycles. The number of aromatic amines is 1. The summed E-state index contributed by atoms with van der Waals surface area (Å²) in [6.45, 7) is 0. The van der Waals surface area contributed by atoms with Crippen LogP contribution in [0.2, 0.25) is 0 Å². The molecule has 13 heavy (non-hydrogen) atoms. The van der Waals surface area contributed by atoms with Gasteiger partial charge in [0.25, 0.3) is 0 Å². The lowest BCUT2D eigenvalue weighted by atomic mass is 10.2. The van der Waals surface area contributed by atoms with Gasteiger partial charge in [-0.15, -0.1) is 0 Å². The third-order valence-electron chi connectivity index (χ3n) is 1.66. The summed E-state index contributed by atoms with van der Waals surface area (Å²) in [5.74, 6) is 0.102. The molecule has 0 radical (unpaired) electrons. The number of nitrogens with zero attached hydrogens (tertiary/aromatic N) is 1. The van der Waals surface area contributed by atoms with E-state index < -0.39 is 0 Å². The number of hydrogen-bond acceptors (Lipinski definition) is 2. The van der Waals surface area contributed by atoms with Gasteiger partial charge in [-0.1, -0.05) is 12.1 Å². The van der Waals surface area contributed by atoms with Crippen LogP contribution < -0.4 is 0 Å². The van der Waals surface area contributed by atoms with Gasteiger partial charge in [0, 0.05) is 5.56 Å². The van der Waals surface area contributed by atoms with E-state index in [4.69, 9.17) is 5.11 Å². The molecule has 0 aliphatic heterocycles. The van der Waals surface area contributed by atoms with Crippen molar-refractivity contribution < 1.29 is 9.50 Å². The maximum absolute atomic E-state index is 12.8. The molecule has 4 heteroatoms. The van der Waals surface area contributed by atoms with Gasteiger partial charge in [0.1, 0.15) is 11.6 Å². The van der Waals surface area contributed by atoms with Crippen molar-refractivity contribution in [1.82, 2.24) is 9.97 Å². The molecule has 66 valence electrons. The zero-order valence-electron chi connectivity index (χ0n) is 6.66. The Morgan fingerprint density at radius 2 is 2.23 bits per heavy atom. The van der Waals surface area contributed by atoms with Gasteiger partial charge in [-0.25, -0.2) is 9.37 Å². The SMILES string of the molecule is Oc1cnc(-c2cccc(F)c2)[nH]1. The van der Waals surface area contributed by atoms with E-state index in [1.165, 1.54) is 18.3 Å².